The van der Waals surface area contributed by atoms with Crippen LogP contribution in [-0.2, 0) is 4.74 Å². The van der Waals surface area contributed by atoms with E-state index in [1.165, 1.54) is 0 Å². The van der Waals surface area contributed by atoms with Crippen molar-refractivity contribution in [3.05, 3.63) is 52.5 Å². The Morgan fingerprint density at radius 1 is 1.13 bits per heavy atom. The first kappa shape index (κ1) is 17.3. The Kier molecular flexibility index (Phi) is 6.43. The molecular weight excluding hydrogens is 362 g/mol. The summed E-state index contributed by atoms with van der Waals surface area (Å²) in [6, 6.07) is 12.5. The summed E-state index contributed by atoms with van der Waals surface area (Å²) in [5, 5.41) is 2.84. The number of nitrogens with one attached hydrogen (secondary N) is 1. The van der Waals surface area contributed by atoms with Crippen LogP contribution < -0.4 is 14.8 Å². The van der Waals surface area contributed by atoms with Gasteiger partial charge in [0.25, 0.3) is 5.91 Å². The molecule has 23 heavy (non-hydrogen) atoms. The molecule has 0 aromatic heterocycles. The molecule has 6 heteroatoms. The number of carbonyl (C=O) groups is 1. The SMILES string of the molecule is COCCOc1ccc(Br)cc1C(=O)Nc1cccc(OC)c1. The average molecular weight is 380 g/mol. The predicted molar refractivity (Wildman–Crippen MR) is 92.5 cm³/mol. The third-order valence-corrected chi connectivity index (χ3v) is 3.55. The largest absolute Gasteiger partial charge is 0.497 e. The summed E-state index contributed by atoms with van der Waals surface area (Å²) in [5.74, 6) is 0.922. The number of amides is 1. The average Bonchev–Trinajstić information content (AvgIpc) is 2.56. The molecule has 0 saturated heterocycles. The second-order valence-corrected chi connectivity index (χ2v) is 5.58. The Morgan fingerprint density at radius 3 is 2.70 bits per heavy atom. The molecule has 0 aliphatic carbocycles. The van der Waals surface area contributed by atoms with Gasteiger partial charge in [-0.15, -0.1) is 0 Å². The standard InChI is InChI=1S/C17H18BrNO4/c1-21-8-9-23-16-7-6-12(18)10-15(16)17(20)19-13-4-3-5-14(11-13)22-2/h3-7,10-11H,8-9H2,1-2H3,(H,19,20). The summed E-state index contributed by atoms with van der Waals surface area (Å²) in [7, 11) is 3.18. The molecule has 0 aliphatic rings. The lowest BCUT2D eigenvalue weighted by Gasteiger charge is -2.12. The van der Waals surface area contributed by atoms with Gasteiger partial charge in [0.15, 0.2) is 0 Å². The Bertz CT molecular complexity index is 675. The van der Waals surface area contributed by atoms with Gasteiger partial charge in [0.05, 0.1) is 19.3 Å². The van der Waals surface area contributed by atoms with E-state index in [-0.39, 0.29) is 5.91 Å². The van der Waals surface area contributed by atoms with Gasteiger partial charge in [-0.1, -0.05) is 22.0 Å². The minimum atomic E-state index is -0.257. The predicted octanol–water partition coefficient (Wildman–Crippen LogP) is 3.74. The van der Waals surface area contributed by atoms with E-state index in [2.05, 4.69) is 21.2 Å². The van der Waals surface area contributed by atoms with Gasteiger partial charge in [-0.2, -0.15) is 0 Å². The maximum atomic E-state index is 12.5. The maximum absolute atomic E-state index is 12.5. The van der Waals surface area contributed by atoms with Gasteiger partial charge >= 0.3 is 0 Å². The molecule has 2 aromatic rings. The number of methoxy groups -OCH3 is 2. The molecule has 1 amide bonds. The van der Waals surface area contributed by atoms with Crippen LogP contribution in [0.5, 0.6) is 11.5 Å². The molecule has 0 bridgehead atoms. The lowest BCUT2D eigenvalue weighted by atomic mass is 10.2. The van der Waals surface area contributed by atoms with E-state index in [0.717, 1.165) is 4.47 Å². The van der Waals surface area contributed by atoms with Crippen LogP contribution in [0, 0.1) is 0 Å². The summed E-state index contributed by atoms with van der Waals surface area (Å²) in [6.07, 6.45) is 0. The molecular formula is C17H18BrNO4. The van der Waals surface area contributed by atoms with Crippen molar-refractivity contribution in [2.45, 2.75) is 0 Å². The number of benzene rings is 2. The third-order valence-electron chi connectivity index (χ3n) is 3.06. The second-order valence-electron chi connectivity index (χ2n) is 4.67. The molecule has 0 fully saturated rings. The van der Waals surface area contributed by atoms with Crippen LogP contribution in [0.25, 0.3) is 0 Å². The van der Waals surface area contributed by atoms with Crippen molar-refractivity contribution < 1.29 is 19.0 Å². The minimum Gasteiger partial charge on any atom is -0.497 e. The molecule has 0 heterocycles. The molecule has 1 N–H and O–H groups in total. The van der Waals surface area contributed by atoms with Crippen LogP contribution in [0.4, 0.5) is 5.69 Å². The number of hydrogen-bond acceptors (Lipinski definition) is 4. The summed E-state index contributed by atoms with van der Waals surface area (Å²) in [4.78, 5) is 12.5. The molecule has 0 aliphatic heterocycles. The highest BCUT2D eigenvalue weighted by atomic mass is 79.9. The molecule has 2 rings (SSSR count). The van der Waals surface area contributed by atoms with Gasteiger partial charge in [0, 0.05) is 23.3 Å². The second kappa shape index (κ2) is 8.55. The summed E-state index contributed by atoms with van der Waals surface area (Å²) in [6.45, 7) is 0.824. The lowest BCUT2D eigenvalue weighted by Crippen LogP contribution is -2.15. The van der Waals surface area contributed by atoms with Gasteiger partial charge in [-0.05, 0) is 30.3 Å². The maximum Gasteiger partial charge on any atom is 0.259 e. The fraction of sp³-hybridized carbons (Fsp3) is 0.235. The number of anilines is 1. The number of hydrogen-bond donors (Lipinski definition) is 1. The molecule has 122 valence electrons. The van der Waals surface area contributed by atoms with Crippen LogP contribution in [0.2, 0.25) is 0 Å². The summed E-state index contributed by atoms with van der Waals surface area (Å²) in [5.41, 5.74) is 1.09. The van der Waals surface area contributed by atoms with Gasteiger partial charge in [-0.25, -0.2) is 0 Å². The van der Waals surface area contributed by atoms with E-state index in [4.69, 9.17) is 14.2 Å². The molecule has 0 spiro atoms. The molecule has 5 nitrogen and oxygen atoms in total. The van der Waals surface area contributed by atoms with Gasteiger partial charge in [-0.3, -0.25) is 4.79 Å². The third kappa shape index (κ3) is 4.97. The zero-order valence-corrected chi connectivity index (χ0v) is 14.6. The van der Waals surface area contributed by atoms with Crippen LogP contribution >= 0.6 is 15.9 Å². The zero-order valence-electron chi connectivity index (χ0n) is 13.0. The number of halogens is 1. The van der Waals surface area contributed by atoms with Crippen molar-refractivity contribution in [2.24, 2.45) is 0 Å². The first-order chi connectivity index (χ1) is 11.1. The Morgan fingerprint density at radius 2 is 1.96 bits per heavy atom. The molecule has 0 radical (unpaired) electrons. The number of rotatable bonds is 7. The van der Waals surface area contributed by atoms with Gasteiger partial charge in [0.1, 0.15) is 18.1 Å². The summed E-state index contributed by atoms with van der Waals surface area (Å²) < 4.78 is 16.5. The number of ether oxygens (including phenoxy) is 3. The van der Waals surface area contributed by atoms with Crippen molar-refractivity contribution in [1.29, 1.82) is 0 Å². The van der Waals surface area contributed by atoms with Crippen molar-refractivity contribution >= 4 is 27.5 Å². The fourth-order valence-corrected chi connectivity index (χ4v) is 2.30. The van der Waals surface area contributed by atoms with E-state index in [0.29, 0.717) is 36.0 Å². The van der Waals surface area contributed by atoms with Crippen molar-refractivity contribution in [3.63, 3.8) is 0 Å². The van der Waals surface area contributed by atoms with E-state index < -0.39 is 0 Å². The van der Waals surface area contributed by atoms with Crippen molar-refractivity contribution in [3.8, 4) is 11.5 Å². The monoisotopic (exact) mass is 379 g/mol. The minimum absolute atomic E-state index is 0.257. The highest BCUT2D eigenvalue weighted by molar-refractivity contribution is 9.10. The van der Waals surface area contributed by atoms with E-state index in [1.54, 1.807) is 38.5 Å². The Hall–Kier alpha value is -2.05. The first-order valence-electron chi connectivity index (χ1n) is 7.00. The van der Waals surface area contributed by atoms with E-state index in [1.807, 2.05) is 18.2 Å². The normalized spacial score (nSPS) is 10.2. The van der Waals surface area contributed by atoms with Crippen LogP contribution in [0.15, 0.2) is 46.9 Å². The smallest absolute Gasteiger partial charge is 0.259 e. The van der Waals surface area contributed by atoms with Crippen LogP contribution in [-0.4, -0.2) is 33.3 Å². The Labute approximate surface area is 143 Å². The van der Waals surface area contributed by atoms with Gasteiger partial charge < -0.3 is 19.5 Å². The highest BCUT2D eigenvalue weighted by Gasteiger charge is 2.14. The lowest BCUT2D eigenvalue weighted by molar-refractivity contribution is 0.101. The molecule has 0 saturated carbocycles. The van der Waals surface area contributed by atoms with Gasteiger partial charge in [0.2, 0.25) is 0 Å². The molecule has 0 atom stereocenters. The van der Waals surface area contributed by atoms with Crippen molar-refractivity contribution in [2.75, 3.05) is 32.8 Å². The first-order valence-corrected chi connectivity index (χ1v) is 7.80. The molecule has 2 aromatic carbocycles. The summed E-state index contributed by atoms with van der Waals surface area (Å²) >= 11 is 3.37. The zero-order chi connectivity index (χ0) is 16.7. The topological polar surface area (TPSA) is 56.8 Å². The van der Waals surface area contributed by atoms with Crippen LogP contribution in [0.3, 0.4) is 0 Å². The van der Waals surface area contributed by atoms with E-state index in [9.17, 15) is 4.79 Å². The van der Waals surface area contributed by atoms with Crippen molar-refractivity contribution in [1.82, 2.24) is 0 Å². The van der Waals surface area contributed by atoms with E-state index >= 15 is 0 Å². The Balaban J connectivity index is 2.18. The quantitative estimate of drug-likeness (QED) is 0.744. The van der Waals surface area contributed by atoms with Crippen LogP contribution in [0.1, 0.15) is 10.4 Å². The highest BCUT2D eigenvalue weighted by Crippen LogP contribution is 2.25. The fourth-order valence-electron chi connectivity index (χ4n) is 1.94. The molecule has 0 unspecified atom stereocenters. The number of carbonyl (C=O) groups excluding carboxylic acids is 1.